The Morgan fingerprint density at radius 1 is 1.17 bits per heavy atom. The van der Waals surface area contributed by atoms with Crippen molar-refractivity contribution in [3.63, 3.8) is 0 Å². The molecule has 0 radical (unpaired) electrons. The van der Waals surface area contributed by atoms with Gasteiger partial charge >= 0.3 is 6.18 Å². The van der Waals surface area contributed by atoms with Crippen molar-refractivity contribution in [3.8, 4) is 17.2 Å². The van der Waals surface area contributed by atoms with Gasteiger partial charge in [-0.15, -0.1) is 0 Å². The number of halogens is 3. The van der Waals surface area contributed by atoms with Crippen molar-refractivity contribution in [1.29, 1.82) is 5.26 Å². The minimum absolute atomic E-state index is 0.127. The van der Waals surface area contributed by atoms with Crippen LogP contribution in [-0.2, 0) is 16.6 Å². The molecule has 2 aromatic carbocycles. The number of aromatic nitrogens is 1. The molecule has 0 aliphatic heterocycles. The van der Waals surface area contributed by atoms with Gasteiger partial charge in [0.05, 0.1) is 16.9 Å². The van der Waals surface area contributed by atoms with Gasteiger partial charge in [0.25, 0.3) is 0 Å². The first-order chi connectivity index (χ1) is 16.2. The van der Waals surface area contributed by atoms with E-state index in [0.717, 1.165) is 11.1 Å². The molecule has 1 aromatic heterocycles. The summed E-state index contributed by atoms with van der Waals surface area (Å²) in [6.45, 7) is 8.25. The Morgan fingerprint density at radius 3 is 2.43 bits per heavy atom. The van der Waals surface area contributed by atoms with Crippen LogP contribution in [0.3, 0.4) is 0 Å². The van der Waals surface area contributed by atoms with Crippen molar-refractivity contribution in [2.45, 2.75) is 64.5 Å². The summed E-state index contributed by atoms with van der Waals surface area (Å²) >= 11 is 0. The van der Waals surface area contributed by atoms with E-state index in [0.29, 0.717) is 41.4 Å². The zero-order valence-corrected chi connectivity index (χ0v) is 20.9. The molecule has 9 heteroatoms. The third-order valence-corrected chi connectivity index (χ3v) is 8.04. The topological polar surface area (TPSA) is 74.9 Å². The molecular weight excluding hydrogens is 475 g/mol. The van der Waals surface area contributed by atoms with E-state index in [4.69, 9.17) is 0 Å². The number of nitriles is 1. The highest BCUT2D eigenvalue weighted by Gasteiger charge is 2.47. The Balaban J connectivity index is 1.93. The molecule has 5 nitrogen and oxygen atoms in total. The molecule has 4 rings (SSSR count). The van der Waals surface area contributed by atoms with Crippen LogP contribution in [0.1, 0.15) is 56.3 Å². The monoisotopic (exact) mass is 503 g/mol. The fourth-order valence-corrected chi connectivity index (χ4v) is 5.98. The van der Waals surface area contributed by atoms with Gasteiger partial charge in [0, 0.05) is 34.8 Å². The molecule has 1 atom stereocenters. The van der Waals surface area contributed by atoms with Crippen LogP contribution >= 0.6 is 0 Å². The fourth-order valence-electron chi connectivity index (χ4n) is 4.44. The summed E-state index contributed by atoms with van der Waals surface area (Å²) in [5, 5.41) is 9.16. The van der Waals surface area contributed by atoms with Gasteiger partial charge in [-0.05, 0) is 48.4 Å². The SMILES string of the molecule is Cc1cccc(C#N)c1-c1ccc2c([C@H](NS(=O)(=O)C3CC3)C(F)(F)F)cn(CC(C)(C)C)c2c1. The van der Waals surface area contributed by atoms with Crippen molar-refractivity contribution in [1.82, 2.24) is 9.29 Å². The number of alkyl halides is 3. The number of aryl methyl sites for hydroxylation is 1. The van der Waals surface area contributed by atoms with Crippen LogP contribution in [0, 0.1) is 23.7 Å². The van der Waals surface area contributed by atoms with Crippen LogP contribution < -0.4 is 4.72 Å². The van der Waals surface area contributed by atoms with Gasteiger partial charge in [0.1, 0.15) is 6.04 Å². The van der Waals surface area contributed by atoms with Gasteiger partial charge in [-0.25, -0.2) is 8.42 Å². The smallest absolute Gasteiger partial charge is 0.347 e. The molecule has 0 amide bonds. The number of fused-ring (bicyclic) bond motifs is 1. The number of rotatable bonds is 6. The Kier molecular flexibility index (Phi) is 6.27. The van der Waals surface area contributed by atoms with Gasteiger partial charge in [-0.3, -0.25) is 0 Å². The number of benzene rings is 2. The molecule has 186 valence electrons. The molecule has 1 aliphatic carbocycles. The molecule has 1 heterocycles. The molecule has 0 spiro atoms. The van der Waals surface area contributed by atoms with E-state index in [1.807, 2.05) is 38.5 Å². The van der Waals surface area contributed by atoms with E-state index in [1.54, 1.807) is 34.9 Å². The highest BCUT2D eigenvalue weighted by molar-refractivity contribution is 7.90. The van der Waals surface area contributed by atoms with E-state index in [-0.39, 0.29) is 11.0 Å². The normalized spacial score (nSPS) is 15.8. The first kappa shape index (κ1) is 25.3. The summed E-state index contributed by atoms with van der Waals surface area (Å²) in [6.07, 6.45) is -2.67. The highest BCUT2D eigenvalue weighted by atomic mass is 32.2. The molecule has 0 bridgehead atoms. The van der Waals surface area contributed by atoms with E-state index < -0.39 is 27.5 Å². The number of hydrogen-bond donors (Lipinski definition) is 1. The van der Waals surface area contributed by atoms with Crippen LogP contribution in [0.2, 0.25) is 0 Å². The summed E-state index contributed by atoms with van der Waals surface area (Å²) in [4.78, 5) is 0. The van der Waals surface area contributed by atoms with Crippen LogP contribution in [-0.4, -0.2) is 24.4 Å². The van der Waals surface area contributed by atoms with Gasteiger partial charge < -0.3 is 4.57 Å². The predicted octanol–water partition coefficient (Wildman–Crippen LogP) is 6.22. The molecule has 1 aliphatic rings. The minimum Gasteiger partial charge on any atom is -0.347 e. The van der Waals surface area contributed by atoms with E-state index in [2.05, 4.69) is 6.07 Å². The maximum Gasteiger partial charge on any atom is 0.408 e. The second-order valence-corrected chi connectivity index (χ2v) is 12.4. The summed E-state index contributed by atoms with van der Waals surface area (Å²) in [5.74, 6) is 0. The van der Waals surface area contributed by atoms with E-state index >= 15 is 0 Å². The third kappa shape index (κ3) is 5.24. The zero-order chi connectivity index (χ0) is 25.8. The Hall–Kier alpha value is -2.83. The molecule has 0 unspecified atom stereocenters. The lowest BCUT2D eigenvalue weighted by Crippen LogP contribution is -2.39. The summed E-state index contributed by atoms with van der Waals surface area (Å²) in [5.41, 5.74) is 2.97. The standard InChI is InChI=1S/C26H28F3N3O2S/c1-16-6-5-7-18(13-30)23(16)17-8-11-20-21(14-32(22(20)12-17)15-25(2,3)4)24(26(27,28)29)31-35(33,34)19-9-10-19/h5-8,11-12,14,19,24,31H,9-10,15H2,1-4H3/t24-/m0/s1. The largest absolute Gasteiger partial charge is 0.408 e. The molecule has 3 aromatic rings. The summed E-state index contributed by atoms with van der Waals surface area (Å²) in [6, 6.07) is 10.3. The molecular formula is C26H28F3N3O2S. The lowest BCUT2D eigenvalue weighted by atomic mass is 9.94. The summed E-state index contributed by atoms with van der Waals surface area (Å²) in [7, 11) is -4.09. The van der Waals surface area contributed by atoms with Crippen LogP contribution in [0.15, 0.2) is 42.6 Å². The van der Waals surface area contributed by atoms with Crippen molar-refractivity contribution >= 4 is 20.9 Å². The third-order valence-electron chi connectivity index (χ3n) is 6.12. The van der Waals surface area contributed by atoms with Gasteiger partial charge in [-0.2, -0.15) is 23.2 Å². The number of hydrogen-bond acceptors (Lipinski definition) is 3. The predicted molar refractivity (Wildman–Crippen MR) is 130 cm³/mol. The number of nitrogens with one attached hydrogen (secondary N) is 1. The van der Waals surface area contributed by atoms with Crippen molar-refractivity contribution in [2.75, 3.05) is 0 Å². The second-order valence-electron chi connectivity index (χ2n) is 10.5. The van der Waals surface area contributed by atoms with E-state index in [9.17, 15) is 26.9 Å². The molecule has 1 fully saturated rings. The molecule has 35 heavy (non-hydrogen) atoms. The lowest BCUT2D eigenvalue weighted by molar-refractivity contribution is -0.152. The quantitative estimate of drug-likeness (QED) is 0.434. The van der Waals surface area contributed by atoms with E-state index in [1.165, 1.54) is 6.20 Å². The molecule has 1 saturated carbocycles. The number of sulfonamides is 1. The van der Waals surface area contributed by atoms with Crippen LogP contribution in [0.4, 0.5) is 13.2 Å². The van der Waals surface area contributed by atoms with Gasteiger partial charge in [0.15, 0.2) is 0 Å². The Labute approximate surface area is 203 Å². The average molecular weight is 504 g/mol. The fraction of sp³-hybridized carbons (Fsp3) is 0.423. The van der Waals surface area contributed by atoms with Gasteiger partial charge in [-0.1, -0.05) is 45.0 Å². The van der Waals surface area contributed by atoms with Gasteiger partial charge in [0.2, 0.25) is 10.0 Å². The highest BCUT2D eigenvalue weighted by Crippen LogP contribution is 2.41. The molecule has 0 saturated heterocycles. The molecule has 1 N–H and O–H groups in total. The minimum atomic E-state index is -4.81. The Morgan fingerprint density at radius 2 is 1.86 bits per heavy atom. The first-order valence-corrected chi connectivity index (χ1v) is 13.0. The maximum atomic E-state index is 14.2. The first-order valence-electron chi connectivity index (χ1n) is 11.4. The average Bonchev–Trinajstić information content (AvgIpc) is 3.55. The van der Waals surface area contributed by atoms with Crippen LogP contribution in [0.25, 0.3) is 22.0 Å². The Bertz CT molecular complexity index is 1420. The zero-order valence-electron chi connectivity index (χ0n) is 20.1. The van der Waals surface area contributed by atoms with Crippen molar-refractivity contribution in [3.05, 3.63) is 59.3 Å². The lowest BCUT2D eigenvalue weighted by Gasteiger charge is -2.22. The second kappa shape index (κ2) is 8.68. The van der Waals surface area contributed by atoms with Crippen molar-refractivity contribution < 1.29 is 21.6 Å². The summed E-state index contributed by atoms with van der Waals surface area (Å²) < 4.78 is 71.3. The van der Waals surface area contributed by atoms with Crippen molar-refractivity contribution in [2.24, 2.45) is 5.41 Å². The van der Waals surface area contributed by atoms with Crippen LogP contribution in [0.5, 0.6) is 0 Å². The number of nitrogens with zero attached hydrogens (tertiary/aromatic N) is 2. The maximum absolute atomic E-state index is 14.2.